The van der Waals surface area contributed by atoms with Crippen LogP contribution in [0, 0.1) is 0 Å². The third kappa shape index (κ3) is 4.53. The Morgan fingerprint density at radius 2 is 1.94 bits per heavy atom. The third-order valence-corrected chi connectivity index (χ3v) is 5.45. The third-order valence-electron chi connectivity index (χ3n) is 5.15. The Hall–Kier alpha value is -3.58. The molecule has 1 aliphatic rings. The second-order valence-electron chi connectivity index (χ2n) is 7.32. The smallest absolute Gasteiger partial charge is 0.303 e. The summed E-state index contributed by atoms with van der Waals surface area (Å²) in [6, 6.07) is 16.5. The minimum Gasteiger partial charge on any atom is -0.494 e. The van der Waals surface area contributed by atoms with Gasteiger partial charge in [-0.3, -0.25) is 15.0 Å². The van der Waals surface area contributed by atoms with Crippen LogP contribution in [-0.4, -0.2) is 33.6 Å². The number of carboxylic acids is 1. The van der Waals surface area contributed by atoms with E-state index < -0.39 is 12.0 Å². The minimum atomic E-state index is -1.03. The first kappa shape index (κ1) is 21.6. The fraction of sp³-hybridized carbons (Fsp3) is 0.208. The highest BCUT2D eigenvalue weighted by molar-refractivity contribution is 6.30. The Bertz CT molecular complexity index is 1200. The summed E-state index contributed by atoms with van der Waals surface area (Å²) in [7, 11) is 0. The van der Waals surface area contributed by atoms with Crippen LogP contribution in [0.25, 0.3) is 16.6 Å². The molecule has 1 atom stereocenters. The summed E-state index contributed by atoms with van der Waals surface area (Å²) in [4.78, 5) is 28.4. The first-order valence-electron chi connectivity index (χ1n) is 10.3. The van der Waals surface area contributed by atoms with Crippen LogP contribution in [-0.2, 0) is 9.59 Å². The maximum atomic E-state index is 12.9. The molecule has 7 nitrogen and oxygen atoms in total. The highest BCUT2D eigenvalue weighted by Crippen LogP contribution is 2.36. The number of halogens is 1. The number of benzene rings is 2. The van der Waals surface area contributed by atoms with Crippen molar-refractivity contribution >= 4 is 40.1 Å². The molecule has 0 bridgehead atoms. The molecular weight excluding hydrogens is 430 g/mol. The second-order valence-corrected chi connectivity index (χ2v) is 7.67. The number of carbonyl (C=O) groups excluding carboxylic acids is 1. The van der Waals surface area contributed by atoms with Gasteiger partial charge in [-0.2, -0.15) is 0 Å². The van der Waals surface area contributed by atoms with Gasteiger partial charge in [0.2, 0.25) is 5.91 Å². The molecule has 2 heterocycles. The van der Waals surface area contributed by atoms with Gasteiger partial charge in [-0.05, 0) is 36.8 Å². The lowest BCUT2D eigenvalue weighted by atomic mass is 10.0. The summed E-state index contributed by atoms with van der Waals surface area (Å²) >= 11 is 6.56. The topological polar surface area (TPSA) is 91.8 Å². The highest BCUT2D eigenvalue weighted by Gasteiger charge is 2.32. The molecule has 0 unspecified atom stereocenters. The monoisotopic (exact) mass is 451 g/mol. The molecule has 0 radical (unpaired) electrons. The molecule has 0 fully saturated rings. The molecule has 2 N–H and O–H groups in total. The predicted molar refractivity (Wildman–Crippen MR) is 122 cm³/mol. The van der Waals surface area contributed by atoms with E-state index in [1.165, 1.54) is 5.01 Å². The molecule has 164 valence electrons. The number of pyridine rings is 1. The highest BCUT2D eigenvalue weighted by atomic mass is 35.5. The van der Waals surface area contributed by atoms with Crippen molar-refractivity contribution in [3.05, 3.63) is 77.0 Å². The van der Waals surface area contributed by atoms with Crippen LogP contribution in [0.4, 0.5) is 0 Å². The summed E-state index contributed by atoms with van der Waals surface area (Å²) in [5.74, 6) is -0.668. The number of rotatable bonds is 7. The van der Waals surface area contributed by atoms with Gasteiger partial charge in [-0.1, -0.05) is 41.9 Å². The van der Waals surface area contributed by atoms with Crippen molar-refractivity contribution in [1.29, 1.82) is 0 Å². The standard InChI is InChI=1S/C24H22ClN3O4/c1-2-32-17-9-8-16-12-18(24(25)26-19(16)13-17)21-14-20(15-6-4-3-5-7-15)27-28(21)22(29)10-11-23(30)31/h3-9,12-14,21,27H,2,10-11H2,1H3,(H,30,31)/t21-/m1/s1. The van der Waals surface area contributed by atoms with Gasteiger partial charge in [0.05, 0.1) is 24.2 Å². The number of nitrogens with one attached hydrogen (secondary N) is 1. The second kappa shape index (κ2) is 9.28. The average Bonchev–Trinajstić information content (AvgIpc) is 3.23. The molecule has 8 heteroatoms. The zero-order valence-corrected chi connectivity index (χ0v) is 18.2. The predicted octanol–water partition coefficient (Wildman–Crippen LogP) is 4.58. The number of hydrogen-bond acceptors (Lipinski definition) is 5. The minimum absolute atomic E-state index is 0.134. The molecule has 32 heavy (non-hydrogen) atoms. The van der Waals surface area contributed by atoms with Crippen molar-refractivity contribution in [2.75, 3.05) is 6.61 Å². The Morgan fingerprint density at radius 1 is 1.16 bits per heavy atom. The van der Waals surface area contributed by atoms with Gasteiger partial charge in [0.25, 0.3) is 0 Å². The van der Waals surface area contributed by atoms with E-state index in [-0.39, 0.29) is 23.9 Å². The molecular formula is C24H22ClN3O4. The maximum absolute atomic E-state index is 12.9. The van der Waals surface area contributed by atoms with Gasteiger partial charge in [-0.25, -0.2) is 9.99 Å². The molecule has 1 amide bonds. The van der Waals surface area contributed by atoms with E-state index in [1.807, 2.05) is 67.6 Å². The van der Waals surface area contributed by atoms with Gasteiger partial charge in [0.1, 0.15) is 16.9 Å². The van der Waals surface area contributed by atoms with Crippen LogP contribution in [0.5, 0.6) is 5.75 Å². The van der Waals surface area contributed by atoms with Crippen LogP contribution in [0.15, 0.2) is 60.7 Å². The average molecular weight is 452 g/mol. The Morgan fingerprint density at radius 3 is 2.66 bits per heavy atom. The first-order chi connectivity index (χ1) is 15.5. The zero-order valence-electron chi connectivity index (χ0n) is 17.4. The molecule has 0 aliphatic carbocycles. The molecule has 3 aromatic rings. The molecule has 0 spiro atoms. The number of fused-ring (bicyclic) bond motifs is 1. The van der Waals surface area contributed by atoms with Crippen molar-refractivity contribution in [2.45, 2.75) is 25.8 Å². The zero-order chi connectivity index (χ0) is 22.7. The van der Waals surface area contributed by atoms with Gasteiger partial charge in [-0.15, -0.1) is 0 Å². The van der Waals surface area contributed by atoms with E-state index in [0.29, 0.717) is 23.4 Å². The summed E-state index contributed by atoms with van der Waals surface area (Å²) in [6.07, 6.45) is 1.51. The van der Waals surface area contributed by atoms with Gasteiger partial charge < -0.3 is 9.84 Å². The Balaban J connectivity index is 1.74. The van der Waals surface area contributed by atoms with E-state index in [4.69, 9.17) is 21.4 Å². The maximum Gasteiger partial charge on any atom is 0.303 e. The number of aliphatic carboxylic acids is 1. The molecule has 2 aromatic carbocycles. The van der Waals surface area contributed by atoms with Gasteiger partial charge in [0.15, 0.2) is 0 Å². The number of hydrazine groups is 1. The fourth-order valence-electron chi connectivity index (χ4n) is 3.63. The molecule has 1 aliphatic heterocycles. The fourth-order valence-corrected chi connectivity index (χ4v) is 3.89. The van der Waals surface area contributed by atoms with Crippen molar-refractivity contribution in [2.24, 2.45) is 0 Å². The van der Waals surface area contributed by atoms with Crippen LogP contribution >= 0.6 is 11.6 Å². The number of carboxylic acid groups (broad SMARTS) is 1. The molecule has 4 rings (SSSR count). The van der Waals surface area contributed by atoms with E-state index >= 15 is 0 Å². The lowest BCUT2D eigenvalue weighted by Crippen LogP contribution is -2.39. The van der Waals surface area contributed by atoms with Gasteiger partial charge >= 0.3 is 5.97 Å². The number of aromatic nitrogens is 1. The normalized spacial score (nSPS) is 15.4. The summed E-state index contributed by atoms with van der Waals surface area (Å²) < 4.78 is 5.54. The first-order valence-corrected chi connectivity index (χ1v) is 10.6. The van der Waals surface area contributed by atoms with Crippen LogP contribution in [0.1, 0.15) is 36.9 Å². The van der Waals surface area contributed by atoms with Crippen molar-refractivity contribution in [1.82, 2.24) is 15.4 Å². The van der Waals surface area contributed by atoms with Crippen LogP contribution < -0.4 is 10.2 Å². The van der Waals surface area contributed by atoms with Crippen molar-refractivity contribution in [3.63, 3.8) is 0 Å². The number of nitrogens with zero attached hydrogens (tertiary/aromatic N) is 2. The van der Waals surface area contributed by atoms with Crippen LogP contribution in [0.2, 0.25) is 5.15 Å². The van der Waals surface area contributed by atoms with E-state index in [1.54, 1.807) is 0 Å². The number of carbonyl (C=O) groups is 2. The largest absolute Gasteiger partial charge is 0.494 e. The van der Waals surface area contributed by atoms with Crippen molar-refractivity contribution < 1.29 is 19.4 Å². The SMILES string of the molecule is CCOc1ccc2cc([C@H]3C=C(c4ccccc4)NN3C(=O)CCC(=O)O)c(Cl)nc2c1. The lowest BCUT2D eigenvalue weighted by molar-refractivity contribution is -0.142. The summed E-state index contributed by atoms with van der Waals surface area (Å²) in [6.45, 7) is 2.46. The Labute approximate surface area is 190 Å². The lowest BCUT2D eigenvalue weighted by Gasteiger charge is -2.26. The molecule has 0 saturated heterocycles. The van der Waals surface area contributed by atoms with E-state index in [2.05, 4.69) is 10.4 Å². The quantitative estimate of drug-likeness (QED) is 0.511. The molecule has 1 aromatic heterocycles. The number of ether oxygens (including phenoxy) is 1. The van der Waals surface area contributed by atoms with Crippen molar-refractivity contribution in [3.8, 4) is 5.75 Å². The van der Waals surface area contributed by atoms with Crippen LogP contribution in [0.3, 0.4) is 0 Å². The van der Waals surface area contributed by atoms with E-state index in [9.17, 15) is 9.59 Å². The summed E-state index contributed by atoms with van der Waals surface area (Å²) in [5, 5.41) is 11.5. The summed E-state index contributed by atoms with van der Waals surface area (Å²) in [5.41, 5.74) is 6.09. The number of amides is 1. The number of hydrogen-bond donors (Lipinski definition) is 2. The van der Waals surface area contributed by atoms with E-state index in [0.717, 1.165) is 16.6 Å². The molecule has 0 saturated carbocycles. The Kier molecular flexibility index (Phi) is 6.28. The van der Waals surface area contributed by atoms with Gasteiger partial charge in [0, 0.05) is 23.4 Å².